The van der Waals surface area contributed by atoms with Crippen molar-refractivity contribution in [3.8, 4) is 0 Å². The molecule has 0 radical (unpaired) electrons. The second-order valence-corrected chi connectivity index (χ2v) is 11.4. The lowest BCUT2D eigenvalue weighted by Gasteiger charge is -2.27. The van der Waals surface area contributed by atoms with Crippen LogP contribution in [0.2, 0.25) is 10.0 Å². The summed E-state index contributed by atoms with van der Waals surface area (Å²) in [6.07, 6.45) is 1.55. The van der Waals surface area contributed by atoms with E-state index >= 15 is 0 Å². The fourth-order valence-corrected chi connectivity index (χ4v) is 4.36. The Morgan fingerprint density at radius 3 is 2.29 bits per heavy atom. The van der Waals surface area contributed by atoms with Crippen LogP contribution < -0.4 is 21.3 Å². The molecule has 0 aliphatic rings. The summed E-state index contributed by atoms with van der Waals surface area (Å²) in [5, 5.41) is 15.1. The van der Waals surface area contributed by atoms with E-state index in [0.29, 0.717) is 24.2 Å². The number of unbranched alkanes of at least 4 members (excludes halogenated alkanes) is 1. The Hall–Kier alpha value is -3.41. The Morgan fingerprint density at radius 1 is 1.07 bits per heavy atom. The van der Waals surface area contributed by atoms with Crippen molar-refractivity contribution in [2.45, 2.75) is 71.1 Å². The van der Waals surface area contributed by atoms with Crippen LogP contribution in [0, 0.1) is 6.92 Å². The van der Waals surface area contributed by atoms with Crippen molar-refractivity contribution in [3.63, 3.8) is 0 Å². The average Bonchev–Trinajstić information content (AvgIpc) is 2.84. The second-order valence-electron chi connectivity index (χ2n) is 10.5. The number of nitrogens with two attached hydrogens (primary N) is 1. The van der Waals surface area contributed by atoms with Crippen LogP contribution >= 0.6 is 23.2 Å². The summed E-state index contributed by atoms with van der Waals surface area (Å²) < 4.78 is 5.52. The van der Waals surface area contributed by atoms with Gasteiger partial charge in [0, 0.05) is 35.8 Å². The van der Waals surface area contributed by atoms with Crippen LogP contribution in [0.4, 0.5) is 10.6 Å². The van der Waals surface area contributed by atoms with Crippen molar-refractivity contribution in [1.29, 1.82) is 0 Å². The number of carbonyl (C=O) groups excluding carboxylic acids is 3. The molecule has 0 aliphatic heterocycles. The number of carboxylic acids is 1. The number of anilines is 1. The third-order valence-electron chi connectivity index (χ3n) is 5.70. The smallest absolute Gasteiger partial charge is 0.416 e. The number of ether oxygens (including phenoxy) is 1. The van der Waals surface area contributed by atoms with E-state index in [0.717, 1.165) is 5.56 Å². The molecular formula is C28H37Cl2N5O6. The fraction of sp³-hybridized carbons (Fsp3) is 0.464. The summed E-state index contributed by atoms with van der Waals surface area (Å²) >= 11 is 12.1. The maximum absolute atomic E-state index is 12.9. The molecule has 0 unspecified atom stereocenters. The van der Waals surface area contributed by atoms with Crippen molar-refractivity contribution < 1.29 is 29.0 Å². The monoisotopic (exact) mass is 609 g/mol. The van der Waals surface area contributed by atoms with Gasteiger partial charge < -0.3 is 26.2 Å². The fourth-order valence-electron chi connectivity index (χ4n) is 3.81. The van der Waals surface area contributed by atoms with Crippen LogP contribution in [-0.4, -0.2) is 58.7 Å². The number of hydrogen-bond acceptors (Lipinski definition) is 7. The SMILES string of the molecule is Cc1ccnc(N(CCCCC(=O)N[C@@H](CN)C(=O)N[C@@H](CC(=O)O)c2cc(Cl)cc(Cl)c2)C(=O)OC(C)(C)C)c1. The molecule has 2 rings (SSSR count). The molecule has 0 spiro atoms. The summed E-state index contributed by atoms with van der Waals surface area (Å²) in [6, 6.07) is 6.04. The summed E-state index contributed by atoms with van der Waals surface area (Å²) in [5.41, 5.74) is 6.38. The number of nitrogens with zero attached hydrogens (tertiary/aromatic N) is 2. The minimum atomic E-state index is -1.15. The van der Waals surface area contributed by atoms with Crippen molar-refractivity contribution >= 4 is 52.9 Å². The lowest BCUT2D eigenvalue weighted by molar-refractivity contribution is -0.138. The van der Waals surface area contributed by atoms with Gasteiger partial charge in [0.15, 0.2) is 0 Å². The van der Waals surface area contributed by atoms with Gasteiger partial charge in [-0.3, -0.25) is 19.3 Å². The molecule has 3 amide bonds. The summed E-state index contributed by atoms with van der Waals surface area (Å²) in [4.78, 5) is 55.5. The van der Waals surface area contributed by atoms with Crippen LogP contribution in [0.5, 0.6) is 0 Å². The number of amides is 3. The Balaban J connectivity index is 1.97. The second kappa shape index (κ2) is 15.6. The number of rotatable bonds is 13. The van der Waals surface area contributed by atoms with Gasteiger partial charge in [-0.25, -0.2) is 9.78 Å². The predicted molar refractivity (Wildman–Crippen MR) is 157 cm³/mol. The first-order valence-electron chi connectivity index (χ1n) is 13.1. The zero-order chi connectivity index (χ0) is 30.7. The number of carbonyl (C=O) groups is 4. The number of hydrogen-bond donors (Lipinski definition) is 4. The molecule has 0 aliphatic carbocycles. The number of pyridine rings is 1. The third kappa shape index (κ3) is 11.9. The third-order valence-corrected chi connectivity index (χ3v) is 6.13. The van der Waals surface area contributed by atoms with E-state index < -0.39 is 48.0 Å². The highest BCUT2D eigenvalue weighted by Crippen LogP contribution is 2.25. The van der Waals surface area contributed by atoms with E-state index in [-0.39, 0.29) is 29.6 Å². The normalized spacial score (nSPS) is 12.7. The minimum absolute atomic E-state index is 0.0651. The van der Waals surface area contributed by atoms with E-state index in [1.54, 1.807) is 33.0 Å². The van der Waals surface area contributed by atoms with E-state index in [2.05, 4.69) is 15.6 Å². The molecule has 41 heavy (non-hydrogen) atoms. The van der Waals surface area contributed by atoms with Gasteiger partial charge in [0.1, 0.15) is 17.5 Å². The molecule has 0 fully saturated rings. The number of nitrogens with one attached hydrogen (secondary N) is 2. The molecule has 13 heteroatoms. The number of aromatic nitrogens is 1. The Bertz CT molecular complexity index is 1220. The van der Waals surface area contributed by atoms with Gasteiger partial charge in [0.05, 0.1) is 12.5 Å². The molecule has 0 bridgehead atoms. The van der Waals surface area contributed by atoms with Crippen molar-refractivity contribution in [1.82, 2.24) is 15.6 Å². The number of benzene rings is 1. The molecule has 0 saturated carbocycles. The Morgan fingerprint density at radius 2 is 1.73 bits per heavy atom. The van der Waals surface area contributed by atoms with Crippen LogP contribution in [0.3, 0.4) is 0 Å². The van der Waals surface area contributed by atoms with Gasteiger partial charge in [0.2, 0.25) is 11.8 Å². The average molecular weight is 611 g/mol. The van der Waals surface area contributed by atoms with Gasteiger partial charge in [-0.1, -0.05) is 23.2 Å². The Kier molecular flexibility index (Phi) is 12.8. The van der Waals surface area contributed by atoms with Crippen molar-refractivity contribution in [3.05, 3.63) is 57.7 Å². The maximum Gasteiger partial charge on any atom is 0.416 e. The highest BCUT2D eigenvalue weighted by molar-refractivity contribution is 6.34. The molecule has 2 atom stereocenters. The van der Waals surface area contributed by atoms with E-state index in [1.165, 1.54) is 23.1 Å². The number of carboxylic acid groups (broad SMARTS) is 1. The van der Waals surface area contributed by atoms with Gasteiger partial charge in [0.25, 0.3) is 0 Å². The van der Waals surface area contributed by atoms with Gasteiger partial charge in [-0.15, -0.1) is 0 Å². The molecule has 224 valence electrons. The molecule has 11 nitrogen and oxygen atoms in total. The standard InChI is InChI=1S/C28H37Cl2N5O6/c1-17-8-9-32-23(11-17)35(27(40)41-28(2,3)4)10-6-5-7-24(36)33-22(16-31)26(39)34-21(15-25(37)38)18-12-19(29)14-20(30)13-18/h8-9,11-14,21-22H,5-7,10,15-16,31H2,1-4H3,(H,33,36)(H,34,39)(H,37,38)/t21-,22-/m0/s1. The van der Waals surface area contributed by atoms with E-state index in [1.807, 2.05) is 13.0 Å². The highest BCUT2D eigenvalue weighted by atomic mass is 35.5. The largest absolute Gasteiger partial charge is 0.481 e. The van der Waals surface area contributed by atoms with Crippen LogP contribution in [0.15, 0.2) is 36.5 Å². The predicted octanol–water partition coefficient (Wildman–Crippen LogP) is 4.38. The molecule has 2 aromatic rings. The first kappa shape index (κ1) is 33.8. The summed E-state index contributed by atoms with van der Waals surface area (Å²) in [6.45, 7) is 7.26. The first-order chi connectivity index (χ1) is 19.2. The summed E-state index contributed by atoms with van der Waals surface area (Å²) in [5.74, 6) is -1.78. The highest BCUT2D eigenvalue weighted by Gasteiger charge is 2.26. The number of aliphatic carboxylic acids is 1. The van der Waals surface area contributed by atoms with E-state index in [4.69, 9.17) is 33.7 Å². The first-order valence-corrected chi connectivity index (χ1v) is 13.8. The number of aryl methyl sites for hydroxylation is 1. The molecular weight excluding hydrogens is 573 g/mol. The number of halogens is 2. The molecule has 0 saturated heterocycles. The van der Waals surface area contributed by atoms with Crippen molar-refractivity contribution in [2.24, 2.45) is 5.73 Å². The molecule has 5 N–H and O–H groups in total. The van der Waals surface area contributed by atoms with E-state index in [9.17, 15) is 24.3 Å². The zero-order valence-electron chi connectivity index (χ0n) is 23.6. The molecule has 1 heterocycles. The van der Waals surface area contributed by atoms with Crippen LogP contribution in [-0.2, 0) is 19.1 Å². The van der Waals surface area contributed by atoms with Crippen LogP contribution in [0.1, 0.15) is 63.6 Å². The maximum atomic E-state index is 12.9. The lowest BCUT2D eigenvalue weighted by atomic mass is 10.0. The minimum Gasteiger partial charge on any atom is -0.481 e. The molecule has 1 aromatic heterocycles. The van der Waals surface area contributed by atoms with Gasteiger partial charge in [-0.05, 0) is 82.0 Å². The van der Waals surface area contributed by atoms with Crippen LogP contribution in [0.25, 0.3) is 0 Å². The topological polar surface area (TPSA) is 164 Å². The quantitative estimate of drug-likeness (QED) is 0.243. The van der Waals surface area contributed by atoms with Gasteiger partial charge in [-0.2, -0.15) is 0 Å². The lowest BCUT2D eigenvalue weighted by Crippen LogP contribution is -2.51. The summed E-state index contributed by atoms with van der Waals surface area (Å²) in [7, 11) is 0. The zero-order valence-corrected chi connectivity index (χ0v) is 25.1. The molecule has 1 aromatic carbocycles. The van der Waals surface area contributed by atoms with Gasteiger partial charge >= 0.3 is 12.1 Å². The van der Waals surface area contributed by atoms with Crippen molar-refractivity contribution in [2.75, 3.05) is 18.0 Å². The Labute approximate surface area is 249 Å².